The molecule has 0 saturated carbocycles. The fourth-order valence-electron chi connectivity index (χ4n) is 4.30. The van der Waals surface area contributed by atoms with Gasteiger partial charge >= 0.3 is 0 Å². The zero-order valence-corrected chi connectivity index (χ0v) is 16.9. The number of nitrogens with zero attached hydrogens (tertiary/aromatic N) is 1. The van der Waals surface area contributed by atoms with Gasteiger partial charge in [0.2, 0.25) is 5.91 Å². The van der Waals surface area contributed by atoms with Crippen molar-refractivity contribution in [1.29, 1.82) is 0 Å². The Morgan fingerprint density at radius 2 is 1.97 bits per heavy atom. The number of rotatable bonds is 4. The number of nitrogens with one attached hydrogen (secondary N) is 2. The highest BCUT2D eigenvalue weighted by molar-refractivity contribution is 6.00. The lowest BCUT2D eigenvalue weighted by Crippen LogP contribution is -2.43. The Kier molecular flexibility index (Phi) is 5.72. The van der Waals surface area contributed by atoms with Crippen molar-refractivity contribution in [3.8, 4) is 0 Å². The molecule has 2 aromatic rings. The predicted octanol–water partition coefficient (Wildman–Crippen LogP) is 2.49. The fourth-order valence-corrected chi connectivity index (χ4v) is 4.30. The molecule has 1 fully saturated rings. The highest BCUT2D eigenvalue weighted by Gasteiger charge is 2.31. The quantitative estimate of drug-likeness (QED) is 0.722. The topological polar surface area (TPSA) is 81.7 Å². The highest BCUT2D eigenvalue weighted by atomic mass is 19.1. The van der Waals surface area contributed by atoms with Crippen LogP contribution in [0, 0.1) is 5.82 Å². The molecule has 2 amide bonds. The van der Waals surface area contributed by atoms with E-state index in [1.165, 1.54) is 12.1 Å². The third-order valence-corrected chi connectivity index (χ3v) is 5.98. The number of carbonyl (C=O) groups is 2. The molecule has 2 atom stereocenters. The summed E-state index contributed by atoms with van der Waals surface area (Å²) < 4.78 is 14.1. The number of benzene rings is 2. The minimum absolute atomic E-state index is 0.178. The van der Waals surface area contributed by atoms with Gasteiger partial charge in [-0.1, -0.05) is 18.2 Å². The molecule has 0 aliphatic carbocycles. The second kappa shape index (κ2) is 8.44. The van der Waals surface area contributed by atoms with Crippen LogP contribution in [0.4, 0.5) is 10.1 Å². The fraction of sp³-hybridized carbons (Fsp3) is 0.391. The van der Waals surface area contributed by atoms with Crippen LogP contribution in [-0.4, -0.2) is 42.7 Å². The third-order valence-electron chi connectivity index (χ3n) is 5.98. The summed E-state index contributed by atoms with van der Waals surface area (Å²) in [5.74, 6) is -1.24. The lowest BCUT2D eigenvalue weighted by Gasteiger charge is -2.34. The van der Waals surface area contributed by atoms with Crippen LogP contribution in [0.5, 0.6) is 0 Å². The Bertz CT molecular complexity index is 956. The molecular weight excluding hydrogens is 385 g/mol. The maximum absolute atomic E-state index is 14.1. The summed E-state index contributed by atoms with van der Waals surface area (Å²) in [4.78, 5) is 27.3. The number of piperidine rings is 1. The molecule has 1 saturated heterocycles. The summed E-state index contributed by atoms with van der Waals surface area (Å²) in [7, 11) is 0. The van der Waals surface area contributed by atoms with E-state index in [0.29, 0.717) is 42.6 Å². The zero-order valence-electron chi connectivity index (χ0n) is 16.9. The van der Waals surface area contributed by atoms with Crippen molar-refractivity contribution >= 4 is 17.5 Å². The van der Waals surface area contributed by atoms with Crippen LogP contribution in [0.15, 0.2) is 42.5 Å². The van der Waals surface area contributed by atoms with Crippen molar-refractivity contribution in [3.63, 3.8) is 0 Å². The van der Waals surface area contributed by atoms with Gasteiger partial charge < -0.3 is 20.6 Å². The average molecular weight is 411 g/mol. The first-order valence-corrected chi connectivity index (χ1v) is 10.3. The SMILES string of the molecule is CC(NC(=O)C1CNC(=O)c2ccccc21)c1cc(F)ccc1N1CCC(O)CC1. The van der Waals surface area contributed by atoms with Gasteiger partial charge in [0.1, 0.15) is 5.82 Å². The molecule has 3 N–H and O–H groups in total. The number of carbonyl (C=O) groups excluding carboxylic acids is 2. The number of anilines is 1. The van der Waals surface area contributed by atoms with Gasteiger partial charge in [-0.25, -0.2) is 4.39 Å². The Morgan fingerprint density at radius 3 is 2.73 bits per heavy atom. The van der Waals surface area contributed by atoms with Gasteiger partial charge in [0.05, 0.1) is 18.1 Å². The van der Waals surface area contributed by atoms with Crippen LogP contribution in [0.25, 0.3) is 0 Å². The normalized spacial score (nSPS) is 20.3. The minimum Gasteiger partial charge on any atom is -0.393 e. The Balaban J connectivity index is 1.55. The number of halogens is 1. The van der Waals surface area contributed by atoms with Gasteiger partial charge in [-0.15, -0.1) is 0 Å². The summed E-state index contributed by atoms with van der Waals surface area (Å²) >= 11 is 0. The smallest absolute Gasteiger partial charge is 0.251 e. The van der Waals surface area contributed by atoms with Crippen molar-refractivity contribution in [2.45, 2.75) is 37.8 Å². The Morgan fingerprint density at radius 1 is 1.23 bits per heavy atom. The predicted molar refractivity (Wildman–Crippen MR) is 112 cm³/mol. The van der Waals surface area contributed by atoms with Crippen LogP contribution < -0.4 is 15.5 Å². The monoisotopic (exact) mass is 411 g/mol. The highest BCUT2D eigenvalue weighted by Crippen LogP contribution is 2.31. The molecule has 2 heterocycles. The molecule has 4 rings (SSSR count). The molecule has 0 aromatic heterocycles. The minimum atomic E-state index is -0.497. The van der Waals surface area contributed by atoms with Gasteiger partial charge in [0.25, 0.3) is 5.91 Å². The van der Waals surface area contributed by atoms with E-state index in [4.69, 9.17) is 0 Å². The van der Waals surface area contributed by atoms with Crippen LogP contribution in [-0.2, 0) is 4.79 Å². The number of amides is 2. The van der Waals surface area contributed by atoms with E-state index in [2.05, 4.69) is 15.5 Å². The van der Waals surface area contributed by atoms with E-state index in [9.17, 15) is 19.1 Å². The summed E-state index contributed by atoms with van der Waals surface area (Å²) in [6.07, 6.45) is 1.02. The van der Waals surface area contributed by atoms with Gasteiger partial charge in [0.15, 0.2) is 0 Å². The average Bonchev–Trinajstić information content (AvgIpc) is 2.75. The van der Waals surface area contributed by atoms with Crippen molar-refractivity contribution in [2.75, 3.05) is 24.5 Å². The van der Waals surface area contributed by atoms with E-state index in [1.807, 2.05) is 13.0 Å². The first-order chi connectivity index (χ1) is 14.4. The van der Waals surface area contributed by atoms with Crippen molar-refractivity contribution in [1.82, 2.24) is 10.6 Å². The van der Waals surface area contributed by atoms with Crippen molar-refractivity contribution < 1.29 is 19.1 Å². The molecule has 30 heavy (non-hydrogen) atoms. The lowest BCUT2D eigenvalue weighted by atomic mass is 9.89. The van der Waals surface area contributed by atoms with Crippen molar-refractivity contribution in [3.05, 3.63) is 65.0 Å². The first-order valence-electron chi connectivity index (χ1n) is 10.3. The standard InChI is InChI=1S/C23H26FN3O3/c1-14(19-12-15(24)6-7-21(19)27-10-8-16(28)9-11-27)26-23(30)20-13-25-22(29)18-5-3-2-4-17(18)20/h2-7,12,14,16,20,28H,8-11,13H2,1H3,(H,25,29)(H,26,30). The molecule has 2 aliphatic heterocycles. The number of hydrogen-bond acceptors (Lipinski definition) is 4. The van der Waals surface area contributed by atoms with Crippen LogP contribution in [0.1, 0.15) is 53.2 Å². The summed E-state index contributed by atoms with van der Waals surface area (Å²) in [6, 6.07) is 11.3. The molecule has 2 aliphatic rings. The van der Waals surface area contributed by atoms with Gasteiger partial charge in [-0.05, 0) is 49.6 Å². The number of fused-ring (bicyclic) bond motifs is 1. The molecule has 158 valence electrons. The number of aliphatic hydroxyl groups is 1. The first kappa shape index (κ1) is 20.3. The molecule has 0 radical (unpaired) electrons. The zero-order chi connectivity index (χ0) is 21.3. The Labute approximate surface area is 175 Å². The van der Waals surface area contributed by atoms with Crippen LogP contribution in [0.3, 0.4) is 0 Å². The van der Waals surface area contributed by atoms with Crippen molar-refractivity contribution in [2.24, 2.45) is 0 Å². The number of aliphatic hydroxyl groups excluding tert-OH is 1. The molecule has 0 bridgehead atoms. The molecule has 6 nitrogen and oxygen atoms in total. The van der Waals surface area contributed by atoms with Crippen LogP contribution in [0.2, 0.25) is 0 Å². The summed E-state index contributed by atoms with van der Waals surface area (Å²) in [5, 5.41) is 15.6. The molecule has 2 unspecified atom stereocenters. The lowest BCUT2D eigenvalue weighted by molar-refractivity contribution is -0.123. The van der Waals surface area contributed by atoms with Crippen LogP contribution >= 0.6 is 0 Å². The maximum Gasteiger partial charge on any atom is 0.251 e. The molecular formula is C23H26FN3O3. The largest absolute Gasteiger partial charge is 0.393 e. The van der Waals surface area contributed by atoms with Gasteiger partial charge in [-0.2, -0.15) is 0 Å². The molecule has 2 aromatic carbocycles. The van der Waals surface area contributed by atoms with E-state index < -0.39 is 12.0 Å². The van der Waals surface area contributed by atoms with E-state index >= 15 is 0 Å². The Hall–Kier alpha value is -2.93. The third kappa shape index (κ3) is 4.03. The van der Waals surface area contributed by atoms with Gasteiger partial charge in [0, 0.05) is 36.4 Å². The summed E-state index contributed by atoms with van der Waals surface area (Å²) in [6.45, 7) is 3.43. The van der Waals surface area contributed by atoms with E-state index in [0.717, 1.165) is 5.69 Å². The second-order valence-electron chi connectivity index (χ2n) is 8.00. The van der Waals surface area contributed by atoms with Gasteiger partial charge in [-0.3, -0.25) is 9.59 Å². The maximum atomic E-state index is 14.1. The summed E-state index contributed by atoms with van der Waals surface area (Å²) in [5.41, 5.74) is 2.78. The molecule has 7 heteroatoms. The molecule has 0 spiro atoms. The van der Waals surface area contributed by atoms with E-state index in [1.54, 1.807) is 24.3 Å². The second-order valence-corrected chi connectivity index (χ2v) is 8.00. The number of hydrogen-bond donors (Lipinski definition) is 3. The van der Waals surface area contributed by atoms with E-state index in [-0.39, 0.29) is 30.3 Å².